The molecule has 0 radical (unpaired) electrons. The predicted octanol–water partition coefficient (Wildman–Crippen LogP) is 3.65. The van der Waals surface area contributed by atoms with Gasteiger partial charge in [-0.2, -0.15) is 9.61 Å². The van der Waals surface area contributed by atoms with Crippen LogP contribution in [-0.4, -0.2) is 19.8 Å². The topological polar surface area (TPSA) is 43.1 Å². The molecule has 0 saturated carbocycles. The minimum atomic E-state index is -0.268. The summed E-state index contributed by atoms with van der Waals surface area (Å²) < 4.78 is 28.4. The van der Waals surface area contributed by atoms with Gasteiger partial charge in [0, 0.05) is 12.8 Å². The fourth-order valence-corrected chi connectivity index (χ4v) is 3.35. The number of benzene rings is 2. The summed E-state index contributed by atoms with van der Waals surface area (Å²) in [5, 5.41) is 13.6. The molecule has 0 amide bonds. The Bertz CT molecular complexity index is 991. The summed E-state index contributed by atoms with van der Waals surface area (Å²) >= 11 is 1.42. The van der Waals surface area contributed by atoms with Crippen LogP contribution in [0, 0.1) is 11.6 Å². The first-order valence-corrected chi connectivity index (χ1v) is 8.18. The van der Waals surface area contributed by atoms with Crippen molar-refractivity contribution in [1.82, 2.24) is 19.8 Å². The van der Waals surface area contributed by atoms with Crippen LogP contribution in [0.4, 0.5) is 8.78 Å². The number of fused-ring (bicyclic) bond motifs is 1. The highest BCUT2D eigenvalue weighted by Crippen LogP contribution is 2.19. The predicted molar refractivity (Wildman–Crippen MR) is 87.1 cm³/mol. The third kappa shape index (κ3) is 2.90. The summed E-state index contributed by atoms with van der Waals surface area (Å²) in [5.41, 5.74) is 1.52. The summed E-state index contributed by atoms with van der Waals surface area (Å²) in [6, 6.07) is 12.9. The van der Waals surface area contributed by atoms with Crippen LogP contribution in [0.3, 0.4) is 0 Å². The number of halogens is 2. The van der Waals surface area contributed by atoms with E-state index in [9.17, 15) is 8.78 Å². The summed E-state index contributed by atoms with van der Waals surface area (Å²) in [4.78, 5) is 0.665. The first kappa shape index (κ1) is 14.9. The lowest BCUT2D eigenvalue weighted by atomic mass is 10.1. The summed E-state index contributed by atoms with van der Waals surface area (Å²) in [6.45, 7) is 0. The molecule has 0 unspecified atom stereocenters. The molecule has 0 saturated heterocycles. The molecular weight excluding hydrogens is 330 g/mol. The van der Waals surface area contributed by atoms with Crippen molar-refractivity contribution >= 4 is 16.3 Å². The van der Waals surface area contributed by atoms with E-state index in [1.54, 1.807) is 34.8 Å². The second-order valence-electron chi connectivity index (χ2n) is 5.38. The number of hydrogen-bond donors (Lipinski definition) is 0. The monoisotopic (exact) mass is 342 g/mol. The van der Waals surface area contributed by atoms with Crippen LogP contribution in [0.2, 0.25) is 0 Å². The molecular formula is C17H12F2N4S. The van der Waals surface area contributed by atoms with Crippen molar-refractivity contribution in [2.45, 2.75) is 12.8 Å². The maximum atomic E-state index is 13.8. The van der Waals surface area contributed by atoms with E-state index < -0.39 is 0 Å². The quantitative estimate of drug-likeness (QED) is 0.569. The lowest BCUT2D eigenvalue weighted by Crippen LogP contribution is -2.00. The van der Waals surface area contributed by atoms with E-state index in [1.807, 2.05) is 0 Å². The first-order valence-electron chi connectivity index (χ1n) is 7.37. The zero-order valence-corrected chi connectivity index (χ0v) is 13.3. The summed E-state index contributed by atoms with van der Waals surface area (Å²) in [6.07, 6.45) is 0.918. The molecule has 4 aromatic rings. The van der Waals surface area contributed by atoms with E-state index in [-0.39, 0.29) is 11.6 Å². The second-order valence-corrected chi connectivity index (χ2v) is 6.42. The van der Waals surface area contributed by atoms with Crippen LogP contribution in [0.5, 0.6) is 0 Å². The fraction of sp³-hybridized carbons (Fsp3) is 0.118. The molecule has 2 aromatic heterocycles. The molecule has 7 heteroatoms. The van der Waals surface area contributed by atoms with Gasteiger partial charge in [0.05, 0.1) is 0 Å². The lowest BCUT2D eigenvalue weighted by molar-refractivity contribution is 0.611. The van der Waals surface area contributed by atoms with E-state index in [1.165, 1.54) is 29.5 Å². The van der Waals surface area contributed by atoms with Gasteiger partial charge in [-0.1, -0.05) is 41.7 Å². The highest BCUT2D eigenvalue weighted by Gasteiger charge is 2.14. The largest absolute Gasteiger partial charge is 0.234 e. The van der Waals surface area contributed by atoms with Gasteiger partial charge in [0.15, 0.2) is 5.82 Å². The fourth-order valence-electron chi connectivity index (χ4n) is 2.47. The second kappa shape index (κ2) is 6.09. The Hall–Kier alpha value is -2.67. The average molecular weight is 342 g/mol. The Morgan fingerprint density at radius 1 is 0.917 bits per heavy atom. The van der Waals surface area contributed by atoms with E-state index in [2.05, 4.69) is 15.3 Å². The van der Waals surface area contributed by atoms with Crippen LogP contribution >= 0.6 is 11.3 Å². The van der Waals surface area contributed by atoms with Gasteiger partial charge in [-0.15, -0.1) is 10.2 Å². The first-order chi connectivity index (χ1) is 11.7. The normalized spacial score (nSPS) is 11.2. The molecule has 4 rings (SSSR count). The Kier molecular flexibility index (Phi) is 3.78. The van der Waals surface area contributed by atoms with Crippen LogP contribution in [0.25, 0.3) is 4.96 Å². The Morgan fingerprint density at radius 3 is 2.50 bits per heavy atom. The zero-order valence-electron chi connectivity index (χ0n) is 12.5. The third-order valence-electron chi connectivity index (χ3n) is 3.67. The molecule has 0 bridgehead atoms. The zero-order chi connectivity index (χ0) is 16.5. The van der Waals surface area contributed by atoms with Crippen molar-refractivity contribution in [3.8, 4) is 0 Å². The average Bonchev–Trinajstić information content (AvgIpc) is 3.13. The Balaban J connectivity index is 1.61. The number of aromatic nitrogens is 4. The standard InChI is InChI=1S/C17H12F2N4S/c18-13-7-5-11(6-8-13)9-16-22-23-15(20-21-17(23)24-16)10-12-3-1-2-4-14(12)19/h1-8H,9-10H2. The minimum absolute atomic E-state index is 0.260. The van der Waals surface area contributed by atoms with Gasteiger partial charge in [-0.3, -0.25) is 0 Å². The minimum Gasteiger partial charge on any atom is -0.207 e. The van der Waals surface area contributed by atoms with Crippen molar-refractivity contribution in [3.05, 3.63) is 82.1 Å². The molecule has 0 fully saturated rings. The van der Waals surface area contributed by atoms with Crippen molar-refractivity contribution in [2.75, 3.05) is 0 Å². The molecule has 120 valence electrons. The van der Waals surface area contributed by atoms with Gasteiger partial charge in [0.25, 0.3) is 0 Å². The molecule has 2 aromatic carbocycles. The summed E-state index contributed by atoms with van der Waals surface area (Å²) in [7, 11) is 0. The molecule has 24 heavy (non-hydrogen) atoms. The van der Waals surface area contributed by atoms with Gasteiger partial charge < -0.3 is 0 Å². The van der Waals surface area contributed by atoms with Gasteiger partial charge in [0.1, 0.15) is 16.6 Å². The van der Waals surface area contributed by atoms with E-state index >= 15 is 0 Å². The van der Waals surface area contributed by atoms with Gasteiger partial charge >= 0.3 is 0 Å². The van der Waals surface area contributed by atoms with E-state index in [0.717, 1.165) is 10.6 Å². The van der Waals surface area contributed by atoms with Crippen molar-refractivity contribution in [3.63, 3.8) is 0 Å². The SMILES string of the molecule is Fc1ccc(Cc2nn3c(Cc4ccccc4F)nnc3s2)cc1. The molecule has 4 nitrogen and oxygen atoms in total. The third-order valence-corrected chi connectivity index (χ3v) is 4.57. The highest BCUT2D eigenvalue weighted by molar-refractivity contribution is 7.16. The number of nitrogens with zero attached hydrogens (tertiary/aromatic N) is 4. The van der Waals surface area contributed by atoms with Crippen LogP contribution in [0.15, 0.2) is 48.5 Å². The molecule has 0 N–H and O–H groups in total. The number of hydrogen-bond acceptors (Lipinski definition) is 4. The number of rotatable bonds is 4. The molecule has 0 aliphatic carbocycles. The van der Waals surface area contributed by atoms with Gasteiger partial charge in [-0.05, 0) is 29.3 Å². The molecule has 2 heterocycles. The van der Waals surface area contributed by atoms with Crippen molar-refractivity contribution in [1.29, 1.82) is 0 Å². The van der Waals surface area contributed by atoms with Crippen LogP contribution < -0.4 is 0 Å². The van der Waals surface area contributed by atoms with Crippen molar-refractivity contribution < 1.29 is 8.78 Å². The molecule has 0 spiro atoms. The molecule has 0 aliphatic rings. The van der Waals surface area contributed by atoms with Crippen LogP contribution in [0.1, 0.15) is 22.0 Å². The van der Waals surface area contributed by atoms with E-state index in [4.69, 9.17) is 0 Å². The lowest BCUT2D eigenvalue weighted by Gasteiger charge is -2.00. The smallest absolute Gasteiger partial charge is 0.207 e. The maximum absolute atomic E-state index is 13.8. The van der Waals surface area contributed by atoms with Gasteiger partial charge in [-0.25, -0.2) is 8.78 Å². The van der Waals surface area contributed by atoms with E-state index in [0.29, 0.717) is 29.2 Å². The van der Waals surface area contributed by atoms with Crippen LogP contribution in [-0.2, 0) is 12.8 Å². The Labute approximate surface area is 140 Å². The Morgan fingerprint density at radius 2 is 1.71 bits per heavy atom. The molecule has 0 aliphatic heterocycles. The summed E-state index contributed by atoms with van der Waals surface area (Å²) in [5.74, 6) is 0.0665. The molecule has 0 atom stereocenters. The van der Waals surface area contributed by atoms with Gasteiger partial charge in [0.2, 0.25) is 4.96 Å². The highest BCUT2D eigenvalue weighted by atomic mass is 32.1. The van der Waals surface area contributed by atoms with Crippen molar-refractivity contribution in [2.24, 2.45) is 0 Å². The maximum Gasteiger partial charge on any atom is 0.234 e.